The van der Waals surface area contributed by atoms with Crippen molar-refractivity contribution >= 4 is 6.29 Å². The van der Waals surface area contributed by atoms with Crippen LogP contribution in [0.1, 0.15) is 28.1 Å². The van der Waals surface area contributed by atoms with E-state index in [4.69, 9.17) is 4.42 Å². The third kappa shape index (κ3) is 1.36. The zero-order valence-electron chi connectivity index (χ0n) is 8.77. The summed E-state index contributed by atoms with van der Waals surface area (Å²) in [4.78, 5) is 14.8. The third-order valence-corrected chi connectivity index (χ3v) is 3.07. The zero-order valence-corrected chi connectivity index (χ0v) is 8.77. The fourth-order valence-corrected chi connectivity index (χ4v) is 2.27. The van der Waals surface area contributed by atoms with Gasteiger partial charge in [-0.25, -0.2) is 4.98 Å². The minimum absolute atomic E-state index is 0.304. The van der Waals surface area contributed by atoms with Gasteiger partial charge in [-0.05, 0) is 36.5 Å². The molecule has 0 N–H and O–H groups in total. The maximum Gasteiger partial charge on any atom is 0.194 e. The normalized spacial score (nSPS) is 13.8. The van der Waals surface area contributed by atoms with Crippen molar-refractivity contribution in [3.63, 3.8) is 0 Å². The van der Waals surface area contributed by atoms with Gasteiger partial charge < -0.3 is 4.42 Å². The van der Waals surface area contributed by atoms with E-state index < -0.39 is 0 Å². The van der Waals surface area contributed by atoms with Gasteiger partial charge in [-0.1, -0.05) is 12.1 Å². The SMILES string of the molecule is O=Cc1ocnc1-c1ccc2c(c1)CCC2. The van der Waals surface area contributed by atoms with E-state index in [0.717, 1.165) is 18.4 Å². The number of nitrogens with zero attached hydrogens (tertiary/aromatic N) is 1. The van der Waals surface area contributed by atoms with Crippen molar-refractivity contribution in [3.8, 4) is 11.3 Å². The molecule has 0 amide bonds. The molecule has 1 aliphatic carbocycles. The number of aldehydes is 1. The summed E-state index contributed by atoms with van der Waals surface area (Å²) in [6.45, 7) is 0. The highest BCUT2D eigenvalue weighted by atomic mass is 16.3. The van der Waals surface area contributed by atoms with Gasteiger partial charge in [-0.15, -0.1) is 0 Å². The molecule has 0 unspecified atom stereocenters. The molecule has 0 saturated heterocycles. The van der Waals surface area contributed by atoms with Gasteiger partial charge in [0.25, 0.3) is 0 Å². The molecule has 3 heteroatoms. The number of hydrogen-bond acceptors (Lipinski definition) is 3. The van der Waals surface area contributed by atoms with Crippen LogP contribution in [-0.4, -0.2) is 11.3 Å². The topological polar surface area (TPSA) is 43.1 Å². The molecular weight excluding hydrogens is 202 g/mol. The summed E-state index contributed by atoms with van der Waals surface area (Å²) < 4.78 is 5.01. The highest BCUT2D eigenvalue weighted by Crippen LogP contribution is 2.28. The molecule has 2 aromatic rings. The second kappa shape index (κ2) is 3.59. The molecule has 0 spiro atoms. The molecule has 0 radical (unpaired) electrons. The highest BCUT2D eigenvalue weighted by molar-refractivity contribution is 5.82. The Hall–Kier alpha value is -1.90. The van der Waals surface area contributed by atoms with E-state index in [2.05, 4.69) is 17.1 Å². The van der Waals surface area contributed by atoms with Crippen LogP contribution >= 0.6 is 0 Å². The van der Waals surface area contributed by atoms with Crippen LogP contribution in [0, 0.1) is 0 Å². The fraction of sp³-hybridized carbons (Fsp3) is 0.231. The monoisotopic (exact) mass is 213 g/mol. The second-order valence-electron chi connectivity index (χ2n) is 4.02. The summed E-state index contributed by atoms with van der Waals surface area (Å²) in [7, 11) is 0. The predicted molar refractivity (Wildman–Crippen MR) is 59.4 cm³/mol. The van der Waals surface area contributed by atoms with Crippen LogP contribution in [0.3, 0.4) is 0 Å². The number of aryl methyl sites for hydroxylation is 2. The molecule has 1 aliphatic rings. The van der Waals surface area contributed by atoms with Crippen LogP contribution in [0.25, 0.3) is 11.3 Å². The number of oxazole rings is 1. The Balaban J connectivity index is 2.10. The van der Waals surface area contributed by atoms with Crippen LogP contribution < -0.4 is 0 Å². The number of aromatic nitrogens is 1. The Morgan fingerprint density at radius 3 is 3.00 bits per heavy atom. The van der Waals surface area contributed by atoms with Gasteiger partial charge in [-0.3, -0.25) is 4.79 Å². The minimum Gasteiger partial charge on any atom is -0.440 e. The number of rotatable bonds is 2. The molecule has 3 nitrogen and oxygen atoms in total. The first kappa shape index (κ1) is 9.33. The number of carbonyl (C=O) groups is 1. The molecule has 0 fully saturated rings. The lowest BCUT2D eigenvalue weighted by Crippen LogP contribution is -1.87. The largest absolute Gasteiger partial charge is 0.440 e. The zero-order chi connectivity index (χ0) is 11.0. The Bertz CT molecular complexity index is 543. The smallest absolute Gasteiger partial charge is 0.194 e. The molecule has 0 atom stereocenters. The molecule has 16 heavy (non-hydrogen) atoms. The molecular formula is C13H11NO2. The van der Waals surface area contributed by atoms with Crippen molar-refractivity contribution in [3.05, 3.63) is 41.5 Å². The van der Waals surface area contributed by atoms with E-state index >= 15 is 0 Å². The number of fused-ring (bicyclic) bond motifs is 1. The average molecular weight is 213 g/mol. The summed E-state index contributed by atoms with van der Waals surface area (Å²) in [5.41, 5.74) is 4.40. The van der Waals surface area contributed by atoms with E-state index in [9.17, 15) is 4.79 Å². The van der Waals surface area contributed by atoms with Crippen LogP contribution in [0.5, 0.6) is 0 Å². The lowest BCUT2D eigenvalue weighted by molar-refractivity contribution is 0.110. The average Bonchev–Trinajstić information content (AvgIpc) is 2.96. The van der Waals surface area contributed by atoms with Gasteiger partial charge in [0.05, 0.1) is 0 Å². The maximum atomic E-state index is 10.8. The number of carbonyl (C=O) groups excluding carboxylic acids is 1. The quantitative estimate of drug-likeness (QED) is 0.720. The Morgan fingerprint density at radius 2 is 2.12 bits per heavy atom. The minimum atomic E-state index is 0.304. The van der Waals surface area contributed by atoms with Crippen molar-refractivity contribution in [2.24, 2.45) is 0 Å². The molecule has 0 saturated carbocycles. The van der Waals surface area contributed by atoms with E-state index in [1.807, 2.05) is 6.07 Å². The first-order valence-electron chi connectivity index (χ1n) is 5.39. The van der Waals surface area contributed by atoms with E-state index in [-0.39, 0.29) is 0 Å². The van der Waals surface area contributed by atoms with Crippen molar-refractivity contribution in [2.75, 3.05) is 0 Å². The van der Waals surface area contributed by atoms with Crippen LogP contribution in [0.2, 0.25) is 0 Å². The van der Waals surface area contributed by atoms with Gasteiger partial charge >= 0.3 is 0 Å². The number of hydrogen-bond donors (Lipinski definition) is 0. The first-order chi connectivity index (χ1) is 7.88. The summed E-state index contributed by atoms with van der Waals surface area (Å²) in [5.74, 6) is 0.304. The predicted octanol–water partition coefficient (Wildman–Crippen LogP) is 2.64. The lowest BCUT2D eigenvalue weighted by Gasteiger charge is -2.02. The van der Waals surface area contributed by atoms with Gasteiger partial charge in [0.1, 0.15) is 5.69 Å². The first-order valence-corrected chi connectivity index (χ1v) is 5.39. The highest BCUT2D eigenvalue weighted by Gasteiger charge is 2.14. The van der Waals surface area contributed by atoms with E-state index in [1.54, 1.807) is 0 Å². The Kier molecular flexibility index (Phi) is 2.10. The van der Waals surface area contributed by atoms with Gasteiger partial charge in [0.15, 0.2) is 18.4 Å². The Morgan fingerprint density at radius 1 is 1.25 bits per heavy atom. The fourth-order valence-electron chi connectivity index (χ4n) is 2.27. The molecule has 0 aliphatic heterocycles. The molecule has 1 heterocycles. The summed E-state index contributed by atoms with van der Waals surface area (Å²) in [6.07, 6.45) is 5.52. The molecule has 3 rings (SSSR count). The summed E-state index contributed by atoms with van der Waals surface area (Å²) in [6, 6.07) is 6.25. The van der Waals surface area contributed by atoms with Gasteiger partial charge in [0, 0.05) is 5.56 Å². The third-order valence-electron chi connectivity index (χ3n) is 3.07. The molecule has 80 valence electrons. The van der Waals surface area contributed by atoms with E-state index in [0.29, 0.717) is 17.7 Å². The van der Waals surface area contributed by atoms with Crippen molar-refractivity contribution < 1.29 is 9.21 Å². The van der Waals surface area contributed by atoms with Crippen LogP contribution in [-0.2, 0) is 12.8 Å². The van der Waals surface area contributed by atoms with Crippen LogP contribution in [0.15, 0.2) is 29.0 Å². The lowest BCUT2D eigenvalue weighted by atomic mass is 10.0. The molecule has 0 bridgehead atoms. The van der Waals surface area contributed by atoms with Gasteiger partial charge in [0.2, 0.25) is 0 Å². The summed E-state index contributed by atoms with van der Waals surface area (Å²) in [5, 5.41) is 0. The molecule has 1 aromatic heterocycles. The van der Waals surface area contributed by atoms with Crippen molar-refractivity contribution in [2.45, 2.75) is 19.3 Å². The number of benzene rings is 1. The standard InChI is InChI=1S/C13H11NO2/c15-7-12-13(14-8-16-12)11-5-4-9-2-1-3-10(9)6-11/h4-8H,1-3H2. The summed E-state index contributed by atoms with van der Waals surface area (Å²) >= 11 is 0. The molecule has 1 aromatic carbocycles. The Labute approximate surface area is 93.1 Å². The van der Waals surface area contributed by atoms with Gasteiger partial charge in [-0.2, -0.15) is 0 Å². The van der Waals surface area contributed by atoms with E-state index in [1.165, 1.54) is 23.9 Å². The van der Waals surface area contributed by atoms with Crippen molar-refractivity contribution in [1.29, 1.82) is 0 Å². The van der Waals surface area contributed by atoms with Crippen LogP contribution in [0.4, 0.5) is 0 Å². The maximum absolute atomic E-state index is 10.8. The van der Waals surface area contributed by atoms with Crippen molar-refractivity contribution in [1.82, 2.24) is 4.98 Å². The second-order valence-corrected chi connectivity index (χ2v) is 4.02.